The second-order valence-electron chi connectivity index (χ2n) is 4.46. The van der Waals surface area contributed by atoms with Crippen LogP contribution in [0.2, 0.25) is 0 Å². The van der Waals surface area contributed by atoms with Gasteiger partial charge in [0.1, 0.15) is 17.5 Å². The van der Waals surface area contributed by atoms with Crippen LogP contribution >= 0.6 is 0 Å². The summed E-state index contributed by atoms with van der Waals surface area (Å²) in [5.74, 6) is 1.08. The summed E-state index contributed by atoms with van der Waals surface area (Å²) in [4.78, 5) is 0. The van der Waals surface area contributed by atoms with Crippen LogP contribution in [0.15, 0.2) is 34.9 Å². The van der Waals surface area contributed by atoms with Gasteiger partial charge in [-0.3, -0.25) is 0 Å². The number of ether oxygens (including phenoxy) is 1. The molecule has 1 aromatic heterocycles. The van der Waals surface area contributed by atoms with E-state index in [0.717, 1.165) is 5.56 Å². The number of aromatic nitrogens is 1. The van der Waals surface area contributed by atoms with E-state index < -0.39 is 9.84 Å². The first-order valence-corrected chi connectivity index (χ1v) is 7.54. The van der Waals surface area contributed by atoms with Crippen molar-refractivity contribution in [3.63, 3.8) is 0 Å². The van der Waals surface area contributed by atoms with E-state index in [1.54, 1.807) is 18.2 Å². The maximum absolute atomic E-state index is 11.0. The van der Waals surface area contributed by atoms with E-state index in [-0.39, 0.29) is 23.5 Å². The summed E-state index contributed by atoms with van der Waals surface area (Å²) in [6.07, 6.45) is -0.237. The topological polar surface area (TPSA) is 95.4 Å². The number of hydrogen-bond donors (Lipinski definition) is 1. The minimum Gasteiger partial charge on any atom is -0.488 e. The zero-order chi connectivity index (χ0) is 13.5. The predicted octanol–water partition coefficient (Wildman–Crippen LogP) is 1.10. The molecule has 2 N–H and O–H groups in total. The molecule has 6 nitrogen and oxygen atoms in total. The molecular formula is C12H12N2O4S. The standard InChI is InChI=1S/C12H12N2O4S/c13-12-5-11(14-18-12)8-1-3-9(4-2-8)17-10-6-19(15,16)7-10/h1-5,10H,6-7,13H2. The van der Waals surface area contributed by atoms with E-state index in [4.69, 9.17) is 15.0 Å². The minimum atomic E-state index is -2.86. The molecule has 0 amide bonds. The first kappa shape index (κ1) is 12.0. The highest BCUT2D eigenvalue weighted by Crippen LogP contribution is 2.25. The maximum atomic E-state index is 11.0. The number of nitrogens with zero attached hydrogens (tertiary/aromatic N) is 1. The van der Waals surface area contributed by atoms with Gasteiger partial charge in [0, 0.05) is 11.6 Å². The number of benzene rings is 1. The Morgan fingerprint density at radius 1 is 1.26 bits per heavy atom. The first-order chi connectivity index (χ1) is 9.02. The van der Waals surface area contributed by atoms with E-state index in [9.17, 15) is 8.42 Å². The number of nitrogen functional groups attached to an aromatic ring is 1. The molecule has 0 unspecified atom stereocenters. The lowest BCUT2D eigenvalue weighted by atomic mass is 10.1. The highest BCUT2D eigenvalue weighted by atomic mass is 32.2. The second-order valence-corrected chi connectivity index (χ2v) is 6.61. The molecule has 1 aliphatic rings. The highest BCUT2D eigenvalue weighted by Gasteiger charge is 2.35. The summed E-state index contributed by atoms with van der Waals surface area (Å²) < 4.78 is 32.4. The number of anilines is 1. The van der Waals surface area contributed by atoms with Crippen molar-refractivity contribution in [2.45, 2.75) is 6.10 Å². The van der Waals surface area contributed by atoms with Gasteiger partial charge in [0.15, 0.2) is 9.84 Å². The molecule has 1 aromatic carbocycles. The van der Waals surface area contributed by atoms with Crippen molar-refractivity contribution in [1.29, 1.82) is 0 Å². The lowest BCUT2D eigenvalue weighted by Gasteiger charge is -2.26. The van der Waals surface area contributed by atoms with E-state index >= 15 is 0 Å². The summed E-state index contributed by atoms with van der Waals surface area (Å²) in [5, 5.41) is 3.80. The Kier molecular flexibility index (Phi) is 2.70. The van der Waals surface area contributed by atoms with Gasteiger partial charge >= 0.3 is 0 Å². The van der Waals surface area contributed by atoms with Crippen LogP contribution in [-0.4, -0.2) is 31.2 Å². The van der Waals surface area contributed by atoms with Crippen LogP contribution in [0.3, 0.4) is 0 Å². The van der Waals surface area contributed by atoms with Gasteiger partial charge in [0.2, 0.25) is 5.88 Å². The molecule has 100 valence electrons. The first-order valence-electron chi connectivity index (χ1n) is 5.71. The summed E-state index contributed by atoms with van der Waals surface area (Å²) >= 11 is 0. The van der Waals surface area contributed by atoms with Crippen molar-refractivity contribution in [3.8, 4) is 17.0 Å². The van der Waals surface area contributed by atoms with Crippen LogP contribution in [0.4, 0.5) is 5.88 Å². The Morgan fingerprint density at radius 2 is 1.95 bits per heavy atom. The SMILES string of the molecule is Nc1cc(-c2ccc(OC3CS(=O)(=O)C3)cc2)no1. The molecule has 19 heavy (non-hydrogen) atoms. The van der Waals surface area contributed by atoms with Gasteiger partial charge in [-0.05, 0) is 24.3 Å². The number of sulfone groups is 1. The zero-order valence-electron chi connectivity index (χ0n) is 9.94. The Labute approximate surface area is 110 Å². The molecule has 1 saturated heterocycles. The van der Waals surface area contributed by atoms with Gasteiger partial charge in [-0.2, -0.15) is 0 Å². The number of hydrogen-bond acceptors (Lipinski definition) is 6. The molecule has 0 spiro atoms. The molecule has 1 aliphatic heterocycles. The van der Waals surface area contributed by atoms with Crippen LogP contribution in [0, 0.1) is 0 Å². The van der Waals surface area contributed by atoms with Crippen molar-refractivity contribution in [2.75, 3.05) is 17.2 Å². The molecule has 0 saturated carbocycles. The third kappa shape index (κ3) is 2.55. The molecule has 2 heterocycles. The number of nitrogens with two attached hydrogens (primary N) is 1. The highest BCUT2D eigenvalue weighted by molar-refractivity contribution is 7.92. The third-order valence-electron chi connectivity index (χ3n) is 2.86. The quantitative estimate of drug-likeness (QED) is 0.904. The fraction of sp³-hybridized carbons (Fsp3) is 0.250. The molecular weight excluding hydrogens is 268 g/mol. The van der Waals surface area contributed by atoms with Crippen molar-refractivity contribution >= 4 is 15.7 Å². The van der Waals surface area contributed by atoms with Crippen molar-refractivity contribution in [2.24, 2.45) is 0 Å². The smallest absolute Gasteiger partial charge is 0.222 e. The van der Waals surface area contributed by atoms with E-state index in [2.05, 4.69) is 5.16 Å². The summed E-state index contributed by atoms with van der Waals surface area (Å²) in [6.45, 7) is 0. The van der Waals surface area contributed by atoms with Gasteiger partial charge in [-0.1, -0.05) is 5.16 Å². The lowest BCUT2D eigenvalue weighted by molar-refractivity contribution is 0.230. The van der Waals surface area contributed by atoms with Gasteiger partial charge in [-0.25, -0.2) is 8.42 Å². The normalized spacial score (nSPS) is 17.9. The zero-order valence-corrected chi connectivity index (χ0v) is 10.8. The summed E-state index contributed by atoms with van der Waals surface area (Å²) in [7, 11) is -2.86. The van der Waals surface area contributed by atoms with Crippen molar-refractivity contribution < 1.29 is 17.7 Å². The van der Waals surface area contributed by atoms with E-state index in [1.807, 2.05) is 12.1 Å². The Bertz CT molecular complexity index is 679. The monoisotopic (exact) mass is 280 g/mol. The van der Waals surface area contributed by atoms with Crippen molar-refractivity contribution in [3.05, 3.63) is 30.3 Å². The van der Waals surface area contributed by atoms with E-state index in [0.29, 0.717) is 11.4 Å². The van der Waals surface area contributed by atoms with Gasteiger partial charge in [0.05, 0.1) is 11.5 Å². The Morgan fingerprint density at radius 3 is 2.47 bits per heavy atom. The predicted molar refractivity (Wildman–Crippen MR) is 69.4 cm³/mol. The minimum absolute atomic E-state index is 0.0918. The molecule has 0 aliphatic carbocycles. The average Bonchev–Trinajstić information content (AvgIpc) is 2.74. The maximum Gasteiger partial charge on any atom is 0.222 e. The molecule has 1 fully saturated rings. The molecule has 7 heteroatoms. The second kappa shape index (κ2) is 4.27. The van der Waals surface area contributed by atoms with Gasteiger partial charge < -0.3 is 15.0 Å². The van der Waals surface area contributed by atoms with Crippen LogP contribution < -0.4 is 10.5 Å². The third-order valence-corrected chi connectivity index (χ3v) is 4.62. The van der Waals surface area contributed by atoms with Crippen LogP contribution in [0.5, 0.6) is 5.75 Å². The number of rotatable bonds is 3. The van der Waals surface area contributed by atoms with Gasteiger partial charge in [0.25, 0.3) is 0 Å². The average molecular weight is 280 g/mol. The lowest BCUT2D eigenvalue weighted by Crippen LogP contribution is -2.45. The molecule has 3 rings (SSSR count). The Balaban J connectivity index is 1.69. The molecule has 0 atom stereocenters. The Hall–Kier alpha value is -2.02. The summed E-state index contributed by atoms with van der Waals surface area (Å²) in [5.41, 5.74) is 6.96. The van der Waals surface area contributed by atoms with Crippen LogP contribution in [0.25, 0.3) is 11.3 Å². The van der Waals surface area contributed by atoms with Crippen LogP contribution in [0.1, 0.15) is 0 Å². The van der Waals surface area contributed by atoms with Crippen LogP contribution in [-0.2, 0) is 9.84 Å². The molecule has 0 radical (unpaired) electrons. The van der Waals surface area contributed by atoms with Crippen molar-refractivity contribution in [1.82, 2.24) is 5.16 Å². The fourth-order valence-electron chi connectivity index (χ4n) is 1.91. The summed E-state index contributed by atoms with van der Waals surface area (Å²) in [6, 6.07) is 8.81. The largest absolute Gasteiger partial charge is 0.488 e. The fourth-order valence-corrected chi connectivity index (χ4v) is 3.08. The molecule has 2 aromatic rings. The van der Waals surface area contributed by atoms with E-state index in [1.165, 1.54) is 0 Å². The van der Waals surface area contributed by atoms with Gasteiger partial charge in [-0.15, -0.1) is 0 Å². The molecule has 0 bridgehead atoms.